The van der Waals surface area contributed by atoms with Crippen molar-refractivity contribution in [3.8, 4) is 0 Å². The molecule has 1 aromatic rings. The SMILES string of the molecule is Cn1ncc(Cl)c1S(=O)(=O)N(CCCl)C1CCC1. The molecule has 1 aliphatic rings. The number of hydrogen-bond donors (Lipinski definition) is 0. The van der Waals surface area contributed by atoms with Gasteiger partial charge in [0.25, 0.3) is 10.0 Å². The second kappa shape index (κ2) is 5.36. The second-order valence-corrected chi connectivity index (χ2v) is 6.90. The van der Waals surface area contributed by atoms with Gasteiger partial charge in [0.1, 0.15) is 0 Å². The molecule has 0 spiro atoms. The van der Waals surface area contributed by atoms with Gasteiger partial charge in [-0.05, 0) is 12.8 Å². The molecule has 0 saturated heterocycles. The summed E-state index contributed by atoms with van der Waals surface area (Å²) in [5.74, 6) is 0.269. The monoisotopic (exact) mass is 311 g/mol. The number of sulfonamides is 1. The summed E-state index contributed by atoms with van der Waals surface area (Å²) in [7, 11) is -2.06. The average molecular weight is 312 g/mol. The van der Waals surface area contributed by atoms with E-state index in [0.717, 1.165) is 19.3 Å². The van der Waals surface area contributed by atoms with Gasteiger partial charge in [0.15, 0.2) is 5.03 Å². The first-order valence-corrected chi connectivity index (χ1v) is 8.09. The largest absolute Gasteiger partial charge is 0.262 e. The molecule has 0 bridgehead atoms. The molecule has 0 radical (unpaired) electrons. The highest BCUT2D eigenvalue weighted by atomic mass is 35.5. The highest BCUT2D eigenvalue weighted by Gasteiger charge is 2.37. The Morgan fingerprint density at radius 2 is 2.22 bits per heavy atom. The minimum absolute atomic E-state index is 0.0414. The van der Waals surface area contributed by atoms with Gasteiger partial charge in [-0.1, -0.05) is 18.0 Å². The number of nitrogens with zero attached hydrogens (tertiary/aromatic N) is 3. The summed E-state index contributed by atoms with van der Waals surface area (Å²) >= 11 is 11.6. The van der Waals surface area contributed by atoms with Gasteiger partial charge in [-0.25, -0.2) is 8.42 Å². The van der Waals surface area contributed by atoms with Gasteiger partial charge in [-0.15, -0.1) is 11.6 Å². The Balaban J connectivity index is 2.38. The van der Waals surface area contributed by atoms with E-state index >= 15 is 0 Å². The van der Waals surface area contributed by atoms with Crippen LogP contribution in [0.3, 0.4) is 0 Å². The van der Waals surface area contributed by atoms with Crippen LogP contribution in [0.15, 0.2) is 11.2 Å². The highest BCUT2D eigenvalue weighted by Crippen LogP contribution is 2.32. The van der Waals surface area contributed by atoms with Gasteiger partial charge in [0, 0.05) is 25.5 Å². The minimum atomic E-state index is -3.62. The van der Waals surface area contributed by atoms with E-state index in [2.05, 4.69) is 5.10 Å². The Morgan fingerprint density at radius 1 is 1.56 bits per heavy atom. The van der Waals surface area contributed by atoms with Crippen LogP contribution in [0.25, 0.3) is 0 Å². The number of aryl methyl sites for hydroxylation is 1. The number of halogens is 2. The van der Waals surface area contributed by atoms with E-state index in [0.29, 0.717) is 6.54 Å². The Morgan fingerprint density at radius 3 is 2.61 bits per heavy atom. The summed E-state index contributed by atoms with van der Waals surface area (Å²) in [6.07, 6.45) is 4.16. The molecule has 0 aliphatic heterocycles. The molecule has 18 heavy (non-hydrogen) atoms. The third-order valence-corrected chi connectivity index (χ3v) is 5.81. The third kappa shape index (κ3) is 2.39. The summed E-state index contributed by atoms with van der Waals surface area (Å²) in [4.78, 5) is 0. The lowest BCUT2D eigenvalue weighted by atomic mass is 9.93. The maximum Gasteiger partial charge on any atom is 0.262 e. The van der Waals surface area contributed by atoms with Gasteiger partial charge in [-0.3, -0.25) is 4.68 Å². The lowest BCUT2D eigenvalue weighted by molar-refractivity contribution is 0.226. The Kier molecular flexibility index (Phi) is 4.21. The fraction of sp³-hybridized carbons (Fsp3) is 0.700. The molecular weight excluding hydrogens is 297 g/mol. The van der Waals surface area contributed by atoms with Crippen LogP contribution in [0.4, 0.5) is 0 Å². The van der Waals surface area contributed by atoms with Crippen molar-refractivity contribution in [3.05, 3.63) is 11.2 Å². The zero-order valence-corrected chi connectivity index (χ0v) is 12.3. The van der Waals surface area contributed by atoms with Crippen LogP contribution < -0.4 is 0 Å². The van der Waals surface area contributed by atoms with Crippen molar-refractivity contribution < 1.29 is 8.42 Å². The molecule has 1 saturated carbocycles. The van der Waals surface area contributed by atoms with E-state index in [1.165, 1.54) is 15.2 Å². The molecule has 5 nitrogen and oxygen atoms in total. The first-order valence-electron chi connectivity index (χ1n) is 5.73. The van der Waals surface area contributed by atoms with Crippen molar-refractivity contribution in [1.29, 1.82) is 0 Å². The van der Waals surface area contributed by atoms with E-state index in [9.17, 15) is 8.42 Å². The van der Waals surface area contributed by atoms with Crippen LogP contribution in [0.5, 0.6) is 0 Å². The Bertz CT molecular complexity index is 506. The zero-order chi connectivity index (χ0) is 13.3. The van der Waals surface area contributed by atoms with Crippen LogP contribution in [0.1, 0.15) is 19.3 Å². The molecule has 0 amide bonds. The predicted molar refractivity (Wildman–Crippen MR) is 70.5 cm³/mol. The van der Waals surface area contributed by atoms with Crippen molar-refractivity contribution in [2.75, 3.05) is 12.4 Å². The average Bonchev–Trinajstić information content (AvgIpc) is 2.55. The van der Waals surface area contributed by atoms with Crippen molar-refractivity contribution in [2.24, 2.45) is 7.05 Å². The van der Waals surface area contributed by atoms with Gasteiger partial charge in [0.05, 0.1) is 11.2 Å². The summed E-state index contributed by atoms with van der Waals surface area (Å²) in [5.41, 5.74) is 0. The molecule has 1 aromatic heterocycles. The Hall–Kier alpha value is -0.300. The number of alkyl halides is 1. The first kappa shape index (κ1) is 14.1. The molecule has 0 atom stereocenters. The van der Waals surface area contributed by atoms with Gasteiger partial charge in [-0.2, -0.15) is 9.40 Å². The molecule has 1 aliphatic carbocycles. The quantitative estimate of drug-likeness (QED) is 0.780. The molecule has 0 N–H and O–H groups in total. The zero-order valence-electron chi connectivity index (χ0n) is 10.0. The van der Waals surface area contributed by atoms with Crippen molar-refractivity contribution >= 4 is 33.2 Å². The Labute approximate surface area is 117 Å². The maximum absolute atomic E-state index is 12.6. The van der Waals surface area contributed by atoms with E-state index in [4.69, 9.17) is 23.2 Å². The van der Waals surface area contributed by atoms with E-state index < -0.39 is 10.0 Å². The lowest BCUT2D eigenvalue weighted by Gasteiger charge is -2.36. The predicted octanol–water partition coefficient (Wildman–Crippen LogP) is 1.86. The molecule has 1 fully saturated rings. The molecule has 1 heterocycles. The third-order valence-electron chi connectivity index (χ3n) is 3.18. The molecule has 8 heteroatoms. The smallest absolute Gasteiger partial charge is 0.255 e. The lowest BCUT2D eigenvalue weighted by Crippen LogP contribution is -2.45. The first-order chi connectivity index (χ1) is 8.48. The maximum atomic E-state index is 12.6. The van der Waals surface area contributed by atoms with Gasteiger partial charge in [0.2, 0.25) is 0 Å². The molecule has 102 valence electrons. The highest BCUT2D eigenvalue weighted by molar-refractivity contribution is 7.89. The summed E-state index contributed by atoms with van der Waals surface area (Å²) in [5, 5.41) is 4.07. The van der Waals surface area contributed by atoms with Crippen LogP contribution in [0.2, 0.25) is 5.02 Å². The number of rotatable bonds is 5. The fourth-order valence-electron chi connectivity index (χ4n) is 2.06. The normalized spacial score (nSPS) is 17.1. The van der Waals surface area contributed by atoms with Crippen LogP contribution in [0, 0.1) is 0 Å². The van der Waals surface area contributed by atoms with Crippen LogP contribution >= 0.6 is 23.2 Å². The van der Waals surface area contributed by atoms with E-state index in [1.807, 2.05) is 0 Å². The van der Waals surface area contributed by atoms with E-state index in [-0.39, 0.29) is 22.0 Å². The van der Waals surface area contributed by atoms with Gasteiger partial charge < -0.3 is 0 Å². The van der Waals surface area contributed by atoms with Crippen molar-refractivity contribution in [3.63, 3.8) is 0 Å². The molecule has 2 rings (SSSR count). The molecule has 0 unspecified atom stereocenters. The number of hydrogen-bond acceptors (Lipinski definition) is 3. The van der Waals surface area contributed by atoms with E-state index in [1.54, 1.807) is 7.05 Å². The fourth-order valence-corrected chi connectivity index (χ4v) is 4.64. The van der Waals surface area contributed by atoms with Crippen LogP contribution in [-0.4, -0.2) is 41.0 Å². The summed E-state index contributed by atoms with van der Waals surface area (Å²) < 4.78 is 27.9. The summed E-state index contributed by atoms with van der Waals surface area (Å²) in [6.45, 7) is 0.302. The van der Waals surface area contributed by atoms with Gasteiger partial charge >= 0.3 is 0 Å². The molecular formula is C10H15Cl2N3O2S. The second-order valence-electron chi connectivity index (χ2n) is 4.31. The topological polar surface area (TPSA) is 55.2 Å². The number of aromatic nitrogens is 2. The standard InChI is InChI=1S/C10H15Cl2N3O2S/c1-14-10(9(12)7-13-14)18(16,17)15(6-5-11)8-3-2-4-8/h7-8H,2-6H2,1H3. The summed E-state index contributed by atoms with van der Waals surface area (Å²) in [6, 6.07) is 0.0414. The van der Waals surface area contributed by atoms with Crippen molar-refractivity contribution in [1.82, 2.24) is 14.1 Å². The molecule has 0 aromatic carbocycles. The van der Waals surface area contributed by atoms with Crippen molar-refractivity contribution in [2.45, 2.75) is 30.3 Å². The van der Waals surface area contributed by atoms with Crippen LogP contribution in [-0.2, 0) is 17.1 Å². The minimum Gasteiger partial charge on any atom is -0.255 e.